The molecule has 0 aliphatic carbocycles. The molecule has 0 aromatic heterocycles. The highest BCUT2D eigenvalue weighted by Crippen LogP contribution is 2.38. The molecule has 0 spiro atoms. The lowest BCUT2D eigenvalue weighted by Gasteiger charge is -2.13. The van der Waals surface area contributed by atoms with Gasteiger partial charge in [0.1, 0.15) is 12.4 Å². The van der Waals surface area contributed by atoms with Crippen LogP contribution in [0.25, 0.3) is 0 Å². The zero-order chi connectivity index (χ0) is 22.9. The lowest BCUT2D eigenvalue weighted by molar-refractivity contribution is 0.0954. The minimum absolute atomic E-state index is 0.316. The van der Waals surface area contributed by atoms with Crippen molar-refractivity contribution in [3.05, 3.63) is 82.4 Å². The van der Waals surface area contributed by atoms with Gasteiger partial charge in [-0.05, 0) is 47.5 Å². The number of carbonyl (C=O) groups excluding carboxylic acids is 1. The molecule has 0 aliphatic rings. The van der Waals surface area contributed by atoms with Crippen molar-refractivity contribution >= 4 is 23.7 Å². The van der Waals surface area contributed by atoms with Gasteiger partial charge in [-0.2, -0.15) is 5.10 Å². The average molecular weight is 455 g/mol. The van der Waals surface area contributed by atoms with Crippen LogP contribution in [0.1, 0.15) is 21.5 Å². The van der Waals surface area contributed by atoms with Crippen LogP contribution in [0.5, 0.6) is 23.0 Å². The maximum Gasteiger partial charge on any atom is 0.271 e. The summed E-state index contributed by atoms with van der Waals surface area (Å²) in [4.78, 5) is 12.5. The van der Waals surface area contributed by atoms with Gasteiger partial charge in [0, 0.05) is 10.6 Å². The fourth-order valence-electron chi connectivity index (χ4n) is 2.87. The number of amides is 1. The number of rotatable bonds is 9. The number of nitrogens with zero attached hydrogens (tertiary/aromatic N) is 1. The van der Waals surface area contributed by atoms with E-state index in [1.54, 1.807) is 12.1 Å². The molecule has 8 heteroatoms. The molecule has 0 heterocycles. The molecule has 32 heavy (non-hydrogen) atoms. The third-order valence-electron chi connectivity index (χ3n) is 4.48. The van der Waals surface area contributed by atoms with Gasteiger partial charge < -0.3 is 18.9 Å². The summed E-state index contributed by atoms with van der Waals surface area (Å²) in [6.45, 7) is 0.412. The summed E-state index contributed by atoms with van der Waals surface area (Å²) >= 11 is 5.90. The summed E-state index contributed by atoms with van der Waals surface area (Å²) in [7, 11) is 4.47. The Morgan fingerprint density at radius 3 is 2.28 bits per heavy atom. The first-order valence-electron chi connectivity index (χ1n) is 9.64. The highest BCUT2D eigenvalue weighted by molar-refractivity contribution is 6.30. The Balaban J connectivity index is 1.64. The molecule has 3 aromatic rings. The predicted molar refractivity (Wildman–Crippen MR) is 123 cm³/mol. The Bertz CT molecular complexity index is 1070. The van der Waals surface area contributed by atoms with Crippen LogP contribution in [0, 0.1) is 0 Å². The standard InChI is InChI=1S/C24H23ClN2O5/c1-29-21-12-18(13-22(30-2)23(21)31-3)24(28)27-26-14-17-5-4-6-20(11-17)32-15-16-7-9-19(25)10-8-16/h4-14H,15H2,1-3H3,(H,27,28)/b26-14+. The van der Waals surface area contributed by atoms with Crippen LogP contribution in [0.3, 0.4) is 0 Å². The quantitative estimate of drug-likeness (QED) is 0.374. The van der Waals surface area contributed by atoms with Crippen molar-refractivity contribution in [3.8, 4) is 23.0 Å². The Kier molecular flexibility index (Phi) is 7.94. The van der Waals surface area contributed by atoms with Crippen molar-refractivity contribution in [2.24, 2.45) is 5.10 Å². The van der Waals surface area contributed by atoms with Crippen LogP contribution in [-0.4, -0.2) is 33.5 Å². The molecule has 0 aliphatic heterocycles. The third-order valence-corrected chi connectivity index (χ3v) is 4.74. The summed E-state index contributed by atoms with van der Waals surface area (Å²) in [6.07, 6.45) is 1.53. The lowest BCUT2D eigenvalue weighted by Crippen LogP contribution is -2.18. The van der Waals surface area contributed by atoms with Gasteiger partial charge in [0.05, 0.1) is 27.5 Å². The highest BCUT2D eigenvalue weighted by Gasteiger charge is 2.16. The van der Waals surface area contributed by atoms with Crippen LogP contribution in [-0.2, 0) is 6.61 Å². The molecular formula is C24H23ClN2O5. The monoisotopic (exact) mass is 454 g/mol. The normalized spacial score (nSPS) is 10.6. The second-order valence-electron chi connectivity index (χ2n) is 6.60. The topological polar surface area (TPSA) is 78.4 Å². The first kappa shape index (κ1) is 23.0. The minimum Gasteiger partial charge on any atom is -0.493 e. The Labute approximate surface area is 191 Å². The van der Waals surface area contributed by atoms with E-state index in [0.717, 1.165) is 11.1 Å². The van der Waals surface area contributed by atoms with E-state index in [1.807, 2.05) is 48.5 Å². The van der Waals surface area contributed by atoms with Gasteiger partial charge in [-0.1, -0.05) is 35.9 Å². The van der Waals surface area contributed by atoms with Gasteiger partial charge >= 0.3 is 0 Å². The van der Waals surface area contributed by atoms with Gasteiger partial charge in [-0.3, -0.25) is 4.79 Å². The van der Waals surface area contributed by atoms with Crippen molar-refractivity contribution in [2.75, 3.05) is 21.3 Å². The van der Waals surface area contributed by atoms with Crippen molar-refractivity contribution in [3.63, 3.8) is 0 Å². The van der Waals surface area contributed by atoms with Gasteiger partial charge in [0.2, 0.25) is 5.75 Å². The number of halogens is 1. The van der Waals surface area contributed by atoms with Crippen LogP contribution in [0.4, 0.5) is 0 Å². The molecular weight excluding hydrogens is 432 g/mol. The lowest BCUT2D eigenvalue weighted by atomic mass is 10.1. The molecule has 0 saturated heterocycles. The molecule has 0 saturated carbocycles. The molecule has 0 unspecified atom stereocenters. The van der Waals surface area contributed by atoms with E-state index in [1.165, 1.54) is 27.5 Å². The highest BCUT2D eigenvalue weighted by atomic mass is 35.5. The molecule has 7 nitrogen and oxygen atoms in total. The molecule has 3 rings (SSSR count). The van der Waals surface area contributed by atoms with Crippen LogP contribution in [0.15, 0.2) is 65.8 Å². The SMILES string of the molecule is COc1cc(C(=O)N/N=C/c2cccc(OCc3ccc(Cl)cc3)c2)cc(OC)c1OC. The van der Waals surface area contributed by atoms with E-state index in [9.17, 15) is 4.79 Å². The van der Waals surface area contributed by atoms with Crippen LogP contribution >= 0.6 is 11.6 Å². The predicted octanol–water partition coefficient (Wildman–Crippen LogP) is 4.71. The zero-order valence-corrected chi connectivity index (χ0v) is 18.7. The first-order valence-corrected chi connectivity index (χ1v) is 10.0. The van der Waals surface area contributed by atoms with E-state index < -0.39 is 5.91 Å². The summed E-state index contributed by atoms with van der Waals surface area (Å²) in [5, 5.41) is 4.71. The molecule has 0 fully saturated rings. The van der Waals surface area contributed by atoms with Gasteiger partial charge in [0.15, 0.2) is 11.5 Å². The van der Waals surface area contributed by atoms with Crippen molar-refractivity contribution < 1.29 is 23.7 Å². The van der Waals surface area contributed by atoms with E-state index in [4.69, 9.17) is 30.5 Å². The summed E-state index contributed by atoms with van der Waals surface area (Å²) in [5.74, 6) is 1.43. The molecule has 0 atom stereocenters. The molecule has 1 amide bonds. The van der Waals surface area contributed by atoms with Gasteiger partial charge in [-0.15, -0.1) is 0 Å². The molecule has 0 bridgehead atoms. The van der Waals surface area contributed by atoms with E-state index in [-0.39, 0.29) is 0 Å². The number of methoxy groups -OCH3 is 3. The largest absolute Gasteiger partial charge is 0.493 e. The number of nitrogens with one attached hydrogen (secondary N) is 1. The second kappa shape index (κ2) is 11.1. The smallest absolute Gasteiger partial charge is 0.271 e. The van der Waals surface area contributed by atoms with Crippen molar-refractivity contribution in [1.29, 1.82) is 0 Å². The number of carbonyl (C=O) groups is 1. The first-order chi connectivity index (χ1) is 15.5. The maximum atomic E-state index is 12.5. The molecule has 166 valence electrons. The molecule has 1 N–H and O–H groups in total. The number of hydrogen-bond donors (Lipinski definition) is 1. The van der Waals surface area contributed by atoms with E-state index >= 15 is 0 Å². The number of benzene rings is 3. The van der Waals surface area contributed by atoms with Gasteiger partial charge in [-0.25, -0.2) is 5.43 Å². The van der Waals surface area contributed by atoms with E-state index in [0.29, 0.717) is 40.2 Å². The fourth-order valence-corrected chi connectivity index (χ4v) is 3.00. The maximum absolute atomic E-state index is 12.5. The summed E-state index contributed by atoms with van der Waals surface area (Å²) < 4.78 is 21.6. The van der Waals surface area contributed by atoms with Gasteiger partial charge in [0.25, 0.3) is 5.91 Å². The molecule has 0 radical (unpaired) electrons. The number of hydrogen-bond acceptors (Lipinski definition) is 6. The summed E-state index contributed by atoms with van der Waals surface area (Å²) in [5.41, 5.74) is 4.58. The number of ether oxygens (including phenoxy) is 4. The van der Waals surface area contributed by atoms with Crippen molar-refractivity contribution in [2.45, 2.75) is 6.61 Å². The summed E-state index contributed by atoms with van der Waals surface area (Å²) in [6, 6.07) is 17.9. The third kappa shape index (κ3) is 5.92. The Hall–Kier alpha value is -3.71. The Morgan fingerprint density at radius 1 is 0.969 bits per heavy atom. The van der Waals surface area contributed by atoms with Crippen LogP contribution in [0.2, 0.25) is 5.02 Å². The minimum atomic E-state index is -0.421. The second-order valence-corrected chi connectivity index (χ2v) is 7.04. The van der Waals surface area contributed by atoms with Crippen LogP contribution < -0.4 is 24.4 Å². The fraction of sp³-hybridized carbons (Fsp3) is 0.167. The Morgan fingerprint density at radius 2 is 1.66 bits per heavy atom. The number of hydrazone groups is 1. The van der Waals surface area contributed by atoms with Crippen molar-refractivity contribution in [1.82, 2.24) is 5.43 Å². The van der Waals surface area contributed by atoms with E-state index in [2.05, 4.69) is 10.5 Å². The average Bonchev–Trinajstić information content (AvgIpc) is 2.82. The molecule has 3 aromatic carbocycles. The zero-order valence-electron chi connectivity index (χ0n) is 17.9.